The van der Waals surface area contributed by atoms with Crippen LogP contribution in [0.2, 0.25) is 0 Å². The van der Waals surface area contributed by atoms with E-state index in [0.29, 0.717) is 6.42 Å². The van der Waals surface area contributed by atoms with E-state index in [0.717, 1.165) is 19.3 Å². The van der Waals surface area contributed by atoms with Crippen molar-refractivity contribution in [3.05, 3.63) is 0 Å². The van der Waals surface area contributed by atoms with Gasteiger partial charge in [-0.1, -0.05) is 84.0 Å². The summed E-state index contributed by atoms with van der Waals surface area (Å²) in [6, 6.07) is 0. The van der Waals surface area contributed by atoms with Gasteiger partial charge in [-0.3, -0.25) is 4.79 Å². The van der Waals surface area contributed by atoms with Crippen molar-refractivity contribution in [3.8, 4) is 0 Å². The lowest BCUT2D eigenvalue weighted by Gasteiger charge is -2.20. The maximum absolute atomic E-state index is 12.0. The van der Waals surface area contributed by atoms with Crippen molar-refractivity contribution in [2.24, 2.45) is 5.92 Å². The Morgan fingerprint density at radius 2 is 1.23 bits per heavy atom. The zero-order valence-corrected chi connectivity index (χ0v) is 17.0. The minimum atomic E-state index is -1.69. The van der Waals surface area contributed by atoms with Gasteiger partial charge in [-0.15, -0.1) is 0 Å². The van der Waals surface area contributed by atoms with E-state index in [-0.39, 0.29) is 6.10 Å². The minimum Gasteiger partial charge on any atom is -0.479 e. The Hall–Kier alpha value is -1.10. The van der Waals surface area contributed by atoms with Gasteiger partial charge in [0.2, 0.25) is 0 Å². The molecule has 2 unspecified atom stereocenters. The molecule has 0 aromatic heterocycles. The summed E-state index contributed by atoms with van der Waals surface area (Å²) in [5, 5.41) is 18.7. The number of hydrogen-bond donors (Lipinski definition) is 2. The Morgan fingerprint density at radius 3 is 1.62 bits per heavy atom. The molecule has 2 atom stereocenters. The van der Waals surface area contributed by atoms with Gasteiger partial charge in [-0.2, -0.15) is 0 Å². The number of unbranched alkanes of at least 4 members (excludes halogenated alkanes) is 11. The van der Waals surface area contributed by atoms with Crippen LogP contribution < -0.4 is 0 Å². The largest absolute Gasteiger partial charge is 0.479 e. The van der Waals surface area contributed by atoms with Gasteiger partial charge in [0.25, 0.3) is 0 Å². The standard InChI is InChI=1S/C21H40O5/c1-4-5-6-7-8-9-10-11-12-13-14-15-16-18(19(22)20(23)24)21(25)26-17(2)3/h17-19,22H,4-16H2,1-3H3,(H,23,24). The topological polar surface area (TPSA) is 83.8 Å². The Bertz CT molecular complexity index is 367. The molecule has 0 heterocycles. The SMILES string of the molecule is CCCCCCCCCCCCCCC(C(=O)OC(C)C)C(O)C(=O)O. The Labute approximate surface area is 159 Å². The zero-order valence-electron chi connectivity index (χ0n) is 17.0. The number of aliphatic hydroxyl groups excluding tert-OH is 1. The van der Waals surface area contributed by atoms with E-state index in [4.69, 9.17) is 9.84 Å². The van der Waals surface area contributed by atoms with E-state index in [2.05, 4.69) is 6.92 Å². The smallest absolute Gasteiger partial charge is 0.333 e. The van der Waals surface area contributed by atoms with Gasteiger partial charge in [0.1, 0.15) is 0 Å². The summed E-state index contributed by atoms with van der Waals surface area (Å²) in [6.45, 7) is 5.66. The molecule has 0 saturated carbocycles. The number of aliphatic carboxylic acids is 1. The summed E-state index contributed by atoms with van der Waals surface area (Å²) in [4.78, 5) is 23.0. The molecule has 0 aliphatic rings. The highest BCUT2D eigenvalue weighted by Gasteiger charge is 2.33. The minimum absolute atomic E-state index is 0.312. The average molecular weight is 373 g/mol. The van der Waals surface area contributed by atoms with E-state index in [9.17, 15) is 14.7 Å². The summed E-state index contributed by atoms with van der Waals surface area (Å²) in [5.74, 6) is -2.95. The van der Waals surface area contributed by atoms with E-state index < -0.39 is 24.0 Å². The molecule has 0 radical (unpaired) electrons. The molecule has 2 N–H and O–H groups in total. The molecule has 5 nitrogen and oxygen atoms in total. The summed E-state index contributed by atoms with van der Waals surface area (Å²) < 4.78 is 5.08. The number of carboxylic acid groups (broad SMARTS) is 1. The predicted octanol–water partition coefficient (Wildman–Crippen LogP) is 5.09. The van der Waals surface area contributed by atoms with Gasteiger partial charge in [-0.25, -0.2) is 4.79 Å². The van der Waals surface area contributed by atoms with Crippen molar-refractivity contribution in [1.29, 1.82) is 0 Å². The molecule has 0 spiro atoms. The number of ether oxygens (including phenoxy) is 1. The molecule has 0 aromatic carbocycles. The quantitative estimate of drug-likeness (QED) is 0.274. The first kappa shape index (κ1) is 24.9. The van der Waals surface area contributed by atoms with Gasteiger partial charge in [0, 0.05) is 0 Å². The van der Waals surface area contributed by atoms with Crippen LogP contribution in [0.1, 0.15) is 104 Å². The van der Waals surface area contributed by atoms with Crippen molar-refractivity contribution in [1.82, 2.24) is 0 Å². The van der Waals surface area contributed by atoms with Gasteiger partial charge < -0.3 is 14.9 Å². The Balaban J connectivity index is 3.82. The lowest BCUT2D eigenvalue weighted by molar-refractivity contribution is -0.165. The second-order valence-corrected chi connectivity index (χ2v) is 7.55. The van der Waals surface area contributed by atoms with Gasteiger partial charge in [-0.05, 0) is 20.3 Å². The van der Waals surface area contributed by atoms with Crippen LogP contribution in [0.5, 0.6) is 0 Å². The van der Waals surface area contributed by atoms with Crippen molar-refractivity contribution in [3.63, 3.8) is 0 Å². The molecule has 0 aliphatic carbocycles. The lowest BCUT2D eigenvalue weighted by Crippen LogP contribution is -2.36. The van der Waals surface area contributed by atoms with Crippen molar-refractivity contribution in [2.75, 3.05) is 0 Å². The Kier molecular flexibility index (Phi) is 15.4. The summed E-state index contributed by atoms with van der Waals surface area (Å²) in [7, 11) is 0. The second-order valence-electron chi connectivity index (χ2n) is 7.55. The van der Waals surface area contributed by atoms with Crippen molar-refractivity contribution in [2.45, 2.75) is 116 Å². The molecule has 0 aromatic rings. The molecule has 26 heavy (non-hydrogen) atoms. The molecule has 0 saturated heterocycles. The first-order valence-corrected chi connectivity index (χ1v) is 10.5. The van der Waals surface area contributed by atoms with E-state index in [1.807, 2.05) is 0 Å². The number of hydrogen-bond acceptors (Lipinski definition) is 4. The van der Waals surface area contributed by atoms with E-state index in [1.54, 1.807) is 13.8 Å². The van der Waals surface area contributed by atoms with Crippen LogP contribution in [0.3, 0.4) is 0 Å². The summed E-state index contributed by atoms with van der Waals surface area (Å²) >= 11 is 0. The number of esters is 1. The third-order valence-electron chi connectivity index (χ3n) is 4.66. The van der Waals surface area contributed by atoms with Gasteiger partial charge in [0.15, 0.2) is 6.10 Å². The third kappa shape index (κ3) is 13.2. The molecule has 154 valence electrons. The highest BCUT2D eigenvalue weighted by atomic mass is 16.5. The van der Waals surface area contributed by atoms with Crippen LogP contribution in [0, 0.1) is 5.92 Å². The van der Waals surface area contributed by atoms with Gasteiger partial charge >= 0.3 is 11.9 Å². The second kappa shape index (κ2) is 16.1. The molecule has 0 amide bonds. The predicted molar refractivity (Wildman–Crippen MR) is 104 cm³/mol. The number of rotatable bonds is 17. The van der Waals surface area contributed by atoms with Crippen molar-refractivity contribution < 1.29 is 24.5 Å². The fourth-order valence-corrected chi connectivity index (χ4v) is 3.10. The lowest BCUT2D eigenvalue weighted by atomic mass is 9.94. The fraction of sp³-hybridized carbons (Fsp3) is 0.905. The van der Waals surface area contributed by atoms with Crippen LogP contribution in [0.4, 0.5) is 0 Å². The van der Waals surface area contributed by atoms with Crippen molar-refractivity contribution >= 4 is 11.9 Å². The van der Waals surface area contributed by atoms with Crippen LogP contribution in [-0.4, -0.2) is 34.4 Å². The number of carbonyl (C=O) groups excluding carboxylic acids is 1. The monoisotopic (exact) mass is 372 g/mol. The number of carbonyl (C=O) groups is 2. The Morgan fingerprint density at radius 1 is 0.808 bits per heavy atom. The van der Waals surface area contributed by atoms with Crippen LogP contribution in [0.25, 0.3) is 0 Å². The zero-order chi connectivity index (χ0) is 19.8. The molecule has 0 fully saturated rings. The summed E-state index contributed by atoms with van der Waals surface area (Å²) in [6.07, 6.45) is 12.9. The fourth-order valence-electron chi connectivity index (χ4n) is 3.10. The van der Waals surface area contributed by atoms with E-state index in [1.165, 1.54) is 57.8 Å². The average Bonchev–Trinajstić information content (AvgIpc) is 2.57. The van der Waals surface area contributed by atoms with Crippen LogP contribution in [0.15, 0.2) is 0 Å². The van der Waals surface area contributed by atoms with Gasteiger partial charge in [0.05, 0.1) is 12.0 Å². The highest BCUT2D eigenvalue weighted by molar-refractivity contribution is 5.82. The van der Waals surface area contributed by atoms with Crippen LogP contribution >= 0.6 is 0 Å². The molecule has 5 heteroatoms. The third-order valence-corrected chi connectivity index (χ3v) is 4.66. The first-order valence-electron chi connectivity index (χ1n) is 10.5. The molecule has 0 rings (SSSR count). The molecular weight excluding hydrogens is 332 g/mol. The first-order chi connectivity index (χ1) is 12.4. The van der Waals surface area contributed by atoms with E-state index >= 15 is 0 Å². The number of aliphatic hydroxyl groups is 1. The molecule has 0 bridgehead atoms. The molecular formula is C21H40O5. The summed E-state index contributed by atoms with van der Waals surface area (Å²) in [5.41, 5.74) is 0. The normalized spacial score (nSPS) is 13.6. The molecule has 0 aliphatic heterocycles. The van der Waals surface area contributed by atoms with Crippen LogP contribution in [-0.2, 0) is 14.3 Å². The highest BCUT2D eigenvalue weighted by Crippen LogP contribution is 2.19. The maximum atomic E-state index is 12.0. The maximum Gasteiger partial charge on any atom is 0.333 e. The number of carboxylic acids is 1.